The molecule has 1 fully saturated rings. The van der Waals surface area contributed by atoms with Crippen LogP contribution in [0.25, 0.3) is 5.69 Å². The first kappa shape index (κ1) is 18.0. The van der Waals surface area contributed by atoms with Crippen LogP contribution in [0.15, 0.2) is 67.0 Å². The second-order valence-corrected chi connectivity index (χ2v) is 6.96. The maximum Gasteiger partial charge on any atom is 0.228 e. The molecule has 1 aliphatic rings. The van der Waals surface area contributed by atoms with Crippen LogP contribution < -0.4 is 5.32 Å². The summed E-state index contributed by atoms with van der Waals surface area (Å²) in [6.07, 6.45) is 5.51. The van der Waals surface area contributed by atoms with Gasteiger partial charge in [0.05, 0.1) is 12.1 Å². The van der Waals surface area contributed by atoms with Gasteiger partial charge in [0.25, 0.3) is 0 Å². The fourth-order valence-corrected chi connectivity index (χ4v) is 3.36. The molecule has 142 valence electrons. The summed E-state index contributed by atoms with van der Waals surface area (Å²) < 4.78 is 1.78. The number of amides is 2. The molecule has 1 aromatic heterocycles. The van der Waals surface area contributed by atoms with E-state index in [2.05, 4.69) is 10.4 Å². The van der Waals surface area contributed by atoms with Gasteiger partial charge in [0.1, 0.15) is 0 Å². The Hall–Kier alpha value is -3.41. The van der Waals surface area contributed by atoms with Gasteiger partial charge < -0.3 is 10.2 Å². The highest BCUT2D eigenvalue weighted by atomic mass is 16.2. The van der Waals surface area contributed by atoms with Crippen LogP contribution in [0.1, 0.15) is 24.0 Å². The number of likely N-dealkylation sites (tertiary alicyclic amines) is 1. The Labute approximate surface area is 163 Å². The third-order valence-corrected chi connectivity index (χ3v) is 4.85. The van der Waals surface area contributed by atoms with Crippen molar-refractivity contribution in [2.24, 2.45) is 0 Å². The van der Waals surface area contributed by atoms with Crippen molar-refractivity contribution in [1.82, 2.24) is 14.7 Å². The number of anilines is 1. The van der Waals surface area contributed by atoms with Gasteiger partial charge >= 0.3 is 0 Å². The number of carbonyl (C=O) groups excluding carboxylic acids is 2. The molecule has 0 unspecified atom stereocenters. The van der Waals surface area contributed by atoms with Crippen molar-refractivity contribution >= 4 is 17.5 Å². The zero-order valence-electron chi connectivity index (χ0n) is 15.5. The molecule has 28 heavy (non-hydrogen) atoms. The lowest BCUT2D eigenvalue weighted by molar-refractivity contribution is -0.128. The number of benzene rings is 2. The van der Waals surface area contributed by atoms with Crippen LogP contribution in [0.3, 0.4) is 0 Å². The fourth-order valence-electron chi connectivity index (χ4n) is 3.36. The van der Waals surface area contributed by atoms with Crippen LogP contribution in [-0.2, 0) is 22.6 Å². The number of hydrogen-bond donors (Lipinski definition) is 1. The number of rotatable bonds is 6. The van der Waals surface area contributed by atoms with Gasteiger partial charge in [-0.25, -0.2) is 4.68 Å². The lowest BCUT2D eigenvalue weighted by Crippen LogP contribution is -2.23. The normalized spacial score (nSPS) is 13.7. The zero-order chi connectivity index (χ0) is 19.3. The molecule has 6 nitrogen and oxygen atoms in total. The van der Waals surface area contributed by atoms with Crippen molar-refractivity contribution in [3.8, 4) is 5.69 Å². The summed E-state index contributed by atoms with van der Waals surface area (Å²) in [6.45, 7) is 1.46. The highest BCUT2D eigenvalue weighted by molar-refractivity contribution is 5.92. The third-order valence-electron chi connectivity index (χ3n) is 4.85. The van der Waals surface area contributed by atoms with Gasteiger partial charge in [-0.1, -0.05) is 24.3 Å². The van der Waals surface area contributed by atoms with Gasteiger partial charge in [0.2, 0.25) is 11.8 Å². The Bertz CT molecular complexity index is 947. The molecule has 1 N–H and O–H groups in total. The molecule has 1 aliphatic heterocycles. The number of aromatic nitrogens is 2. The molecule has 0 saturated carbocycles. The van der Waals surface area contributed by atoms with Crippen molar-refractivity contribution in [1.29, 1.82) is 0 Å². The van der Waals surface area contributed by atoms with Crippen LogP contribution in [0, 0.1) is 0 Å². The van der Waals surface area contributed by atoms with E-state index < -0.39 is 0 Å². The summed E-state index contributed by atoms with van der Waals surface area (Å²) in [5.74, 6) is 0.158. The maximum absolute atomic E-state index is 12.3. The fraction of sp³-hybridized carbons (Fsp3) is 0.227. The molecule has 2 heterocycles. The number of hydrogen-bond acceptors (Lipinski definition) is 3. The zero-order valence-corrected chi connectivity index (χ0v) is 15.5. The first-order chi connectivity index (χ1) is 13.7. The van der Waals surface area contributed by atoms with E-state index in [4.69, 9.17) is 0 Å². The van der Waals surface area contributed by atoms with E-state index in [-0.39, 0.29) is 11.8 Å². The SMILES string of the molecule is O=C(Cc1ccc(-n2cccn2)cc1)Nc1ccc(CN2CCCC2=O)cc1. The molecular formula is C22H22N4O2. The molecule has 0 aliphatic carbocycles. The van der Waals surface area contributed by atoms with Gasteiger partial charge in [-0.05, 0) is 47.9 Å². The van der Waals surface area contributed by atoms with E-state index in [0.717, 1.165) is 35.5 Å². The average Bonchev–Trinajstić information content (AvgIpc) is 3.36. The third kappa shape index (κ3) is 4.28. The number of nitrogens with zero attached hydrogens (tertiary/aromatic N) is 3. The molecule has 4 rings (SSSR count). The number of carbonyl (C=O) groups is 2. The maximum atomic E-state index is 12.3. The molecule has 6 heteroatoms. The van der Waals surface area contributed by atoms with Crippen LogP contribution >= 0.6 is 0 Å². The highest BCUT2D eigenvalue weighted by Crippen LogP contribution is 2.17. The van der Waals surface area contributed by atoms with E-state index in [0.29, 0.717) is 19.4 Å². The summed E-state index contributed by atoms with van der Waals surface area (Å²) in [6, 6.07) is 17.3. The van der Waals surface area contributed by atoms with Gasteiger partial charge in [-0.15, -0.1) is 0 Å². The molecule has 2 amide bonds. The summed E-state index contributed by atoms with van der Waals surface area (Å²) >= 11 is 0. The summed E-state index contributed by atoms with van der Waals surface area (Å²) in [5, 5.41) is 7.12. The predicted molar refractivity (Wildman–Crippen MR) is 107 cm³/mol. The van der Waals surface area contributed by atoms with E-state index in [1.165, 1.54) is 0 Å². The van der Waals surface area contributed by atoms with Crippen molar-refractivity contribution in [3.63, 3.8) is 0 Å². The van der Waals surface area contributed by atoms with E-state index in [1.807, 2.05) is 65.7 Å². The Morgan fingerprint density at radius 3 is 2.43 bits per heavy atom. The summed E-state index contributed by atoms with van der Waals surface area (Å²) in [4.78, 5) is 25.9. The molecule has 0 atom stereocenters. The Kier molecular flexibility index (Phi) is 5.19. The lowest BCUT2D eigenvalue weighted by atomic mass is 10.1. The molecule has 0 spiro atoms. The van der Waals surface area contributed by atoms with E-state index >= 15 is 0 Å². The summed E-state index contributed by atoms with van der Waals surface area (Å²) in [7, 11) is 0. The first-order valence-electron chi connectivity index (χ1n) is 9.43. The summed E-state index contributed by atoms with van der Waals surface area (Å²) in [5.41, 5.74) is 3.73. The molecule has 0 bridgehead atoms. The average molecular weight is 374 g/mol. The lowest BCUT2D eigenvalue weighted by Gasteiger charge is -2.15. The molecule has 1 saturated heterocycles. The van der Waals surface area contributed by atoms with Gasteiger partial charge in [0, 0.05) is 37.6 Å². The first-order valence-corrected chi connectivity index (χ1v) is 9.43. The Morgan fingerprint density at radius 2 is 1.79 bits per heavy atom. The largest absolute Gasteiger partial charge is 0.338 e. The van der Waals surface area contributed by atoms with E-state index in [1.54, 1.807) is 10.9 Å². The Morgan fingerprint density at radius 1 is 1.04 bits per heavy atom. The minimum Gasteiger partial charge on any atom is -0.338 e. The molecule has 0 radical (unpaired) electrons. The van der Waals surface area contributed by atoms with Crippen molar-refractivity contribution < 1.29 is 9.59 Å². The highest BCUT2D eigenvalue weighted by Gasteiger charge is 2.19. The van der Waals surface area contributed by atoms with Crippen LogP contribution in [0.5, 0.6) is 0 Å². The molecule has 3 aromatic rings. The topological polar surface area (TPSA) is 67.2 Å². The van der Waals surface area contributed by atoms with Gasteiger partial charge in [0.15, 0.2) is 0 Å². The van der Waals surface area contributed by atoms with Gasteiger partial charge in [-0.2, -0.15) is 5.10 Å². The molecule has 2 aromatic carbocycles. The standard InChI is InChI=1S/C22H22N4O2/c27-21(15-17-6-10-20(11-7-17)26-14-2-12-23-26)24-19-8-4-18(5-9-19)16-25-13-1-3-22(25)28/h2,4-12,14H,1,3,13,15-16H2,(H,24,27). The van der Waals surface area contributed by atoms with Crippen molar-refractivity contribution in [2.45, 2.75) is 25.8 Å². The van der Waals surface area contributed by atoms with Crippen LogP contribution in [0.4, 0.5) is 5.69 Å². The second kappa shape index (κ2) is 8.08. The monoisotopic (exact) mass is 374 g/mol. The predicted octanol–water partition coefficient (Wildman–Crippen LogP) is 3.18. The Balaban J connectivity index is 1.31. The van der Waals surface area contributed by atoms with E-state index in [9.17, 15) is 9.59 Å². The quantitative estimate of drug-likeness (QED) is 0.721. The van der Waals surface area contributed by atoms with Gasteiger partial charge in [-0.3, -0.25) is 9.59 Å². The smallest absolute Gasteiger partial charge is 0.228 e. The number of nitrogens with one attached hydrogen (secondary N) is 1. The minimum absolute atomic E-state index is 0.0608. The van der Waals surface area contributed by atoms with Crippen molar-refractivity contribution in [3.05, 3.63) is 78.1 Å². The van der Waals surface area contributed by atoms with Crippen molar-refractivity contribution in [2.75, 3.05) is 11.9 Å². The molecular weight excluding hydrogens is 352 g/mol. The second-order valence-electron chi connectivity index (χ2n) is 6.96. The van der Waals surface area contributed by atoms with Crippen LogP contribution in [-0.4, -0.2) is 33.0 Å². The van der Waals surface area contributed by atoms with Crippen LogP contribution in [0.2, 0.25) is 0 Å². The minimum atomic E-state index is -0.0608.